The van der Waals surface area contributed by atoms with Gasteiger partial charge in [0, 0.05) is 42.9 Å². The minimum Gasteiger partial charge on any atom is -0.507 e. The van der Waals surface area contributed by atoms with Gasteiger partial charge in [-0.1, -0.05) is 30.3 Å². The summed E-state index contributed by atoms with van der Waals surface area (Å²) in [5.41, 5.74) is 0.440. The summed E-state index contributed by atoms with van der Waals surface area (Å²) in [6, 6.07) is 16.0. The zero-order chi connectivity index (χ0) is 23.1. The summed E-state index contributed by atoms with van der Waals surface area (Å²) in [5, 5.41) is 35.9. The van der Waals surface area contributed by atoms with Crippen LogP contribution in [0.3, 0.4) is 0 Å². The van der Waals surface area contributed by atoms with Gasteiger partial charge in [-0.05, 0) is 43.3 Å². The van der Waals surface area contributed by atoms with Crippen LogP contribution in [-0.2, 0) is 26.2 Å². The van der Waals surface area contributed by atoms with Gasteiger partial charge >= 0.3 is 11.9 Å². The summed E-state index contributed by atoms with van der Waals surface area (Å²) in [5.74, 6) is -3.72. The number of hydrogen-bond donors (Lipinski definition) is 4. The number of aromatic hydroxyl groups is 2. The van der Waals surface area contributed by atoms with Crippen molar-refractivity contribution in [3.8, 4) is 11.5 Å². The molecule has 8 nitrogen and oxygen atoms in total. The van der Waals surface area contributed by atoms with Gasteiger partial charge in [-0.15, -0.1) is 0 Å². The normalized spacial score (nSPS) is 9.53. The number of rotatable bonds is 5. The minimum absolute atomic E-state index is 0. The molecule has 0 saturated heterocycles. The first-order chi connectivity index (χ1) is 14.6. The summed E-state index contributed by atoms with van der Waals surface area (Å²) in [4.78, 5) is 44.3. The molecule has 0 atom stereocenters. The van der Waals surface area contributed by atoms with Crippen LogP contribution in [0.2, 0.25) is 0 Å². The zero-order valence-electron chi connectivity index (χ0n) is 16.8. The molecular formula is C23H18O8Zr. The van der Waals surface area contributed by atoms with Crippen molar-refractivity contribution < 1.29 is 65.8 Å². The van der Waals surface area contributed by atoms with E-state index in [1.54, 1.807) is 30.3 Å². The van der Waals surface area contributed by atoms with Gasteiger partial charge in [-0.3, -0.25) is 9.59 Å². The van der Waals surface area contributed by atoms with Gasteiger partial charge in [0.2, 0.25) is 0 Å². The standard InChI is InChI=1S/C14H10O4.C9H8O4.Zr/c15-12-7-6-10(8-11(12)14(17)18)13(16)9-4-2-1-3-5-9;1-5(10)6-2-3-8(11)7(4-6)9(12)13;/h1-8,15H,(H,17,18);2-4,11H,1H3,(H,12,13);. The first-order valence-corrected chi connectivity index (χ1v) is 8.85. The van der Waals surface area contributed by atoms with E-state index >= 15 is 0 Å². The third kappa shape index (κ3) is 6.72. The van der Waals surface area contributed by atoms with Gasteiger partial charge in [-0.2, -0.15) is 0 Å². The van der Waals surface area contributed by atoms with E-state index in [0.29, 0.717) is 5.56 Å². The second kappa shape index (κ2) is 11.7. The fourth-order valence-corrected chi connectivity index (χ4v) is 2.53. The fraction of sp³-hybridized carbons (Fsp3) is 0.0435. The van der Waals surface area contributed by atoms with Crippen molar-refractivity contribution in [1.82, 2.24) is 0 Å². The van der Waals surface area contributed by atoms with Crippen LogP contribution < -0.4 is 0 Å². The van der Waals surface area contributed by atoms with Crippen LogP contribution in [0, 0.1) is 0 Å². The first-order valence-electron chi connectivity index (χ1n) is 8.85. The molecular weight excluding hydrogens is 495 g/mol. The van der Waals surface area contributed by atoms with Crippen molar-refractivity contribution in [2.24, 2.45) is 0 Å². The molecule has 3 aromatic carbocycles. The van der Waals surface area contributed by atoms with Crippen molar-refractivity contribution in [2.45, 2.75) is 6.92 Å². The molecule has 0 spiro atoms. The van der Waals surface area contributed by atoms with Gasteiger partial charge in [0.1, 0.15) is 22.6 Å². The molecule has 0 fully saturated rings. The van der Waals surface area contributed by atoms with Crippen molar-refractivity contribution in [3.05, 3.63) is 94.5 Å². The Hall–Kier alpha value is -3.58. The van der Waals surface area contributed by atoms with Crippen molar-refractivity contribution >= 4 is 23.5 Å². The maximum Gasteiger partial charge on any atom is 0.339 e. The molecule has 0 saturated carbocycles. The van der Waals surface area contributed by atoms with Crippen LogP contribution in [0.5, 0.6) is 11.5 Å². The van der Waals surface area contributed by atoms with Crippen LogP contribution in [0.15, 0.2) is 66.7 Å². The van der Waals surface area contributed by atoms with E-state index in [4.69, 9.17) is 15.3 Å². The molecule has 9 heteroatoms. The van der Waals surface area contributed by atoms with E-state index in [1.165, 1.54) is 37.3 Å². The molecule has 3 rings (SSSR count). The number of hydrogen-bond acceptors (Lipinski definition) is 6. The predicted octanol–water partition coefficient (Wildman–Crippen LogP) is 3.61. The first kappa shape index (κ1) is 26.5. The second-order valence-corrected chi connectivity index (χ2v) is 6.33. The van der Waals surface area contributed by atoms with Crippen LogP contribution in [0.4, 0.5) is 0 Å². The largest absolute Gasteiger partial charge is 0.507 e. The van der Waals surface area contributed by atoms with Gasteiger partial charge < -0.3 is 20.4 Å². The van der Waals surface area contributed by atoms with E-state index in [9.17, 15) is 24.3 Å². The quantitative estimate of drug-likeness (QED) is 0.378. The number of Topliss-reactive ketones (excluding diaryl/α,β-unsaturated/α-hetero) is 1. The third-order valence-electron chi connectivity index (χ3n) is 4.16. The molecule has 32 heavy (non-hydrogen) atoms. The van der Waals surface area contributed by atoms with Crippen molar-refractivity contribution in [3.63, 3.8) is 0 Å². The Morgan fingerprint density at radius 3 is 1.50 bits per heavy atom. The number of benzene rings is 3. The number of carbonyl (C=O) groups excluding carboxylic acids is 2. The van der Waals surface area contributed by atoms with E-state index < -0.39 is 11.9 Å². The molecule has 0 radical (unpaired) electrons. The second-order valence-electron chi connectivity index (χ2n) is 6.33. The van der Waals surface area contributed by atoms with Gasteiger partial charge in [-0.25, -0.2) is 9.59 Å². The molecule has 4 N–H and O–H groups in total. The van der Waals surface area contributed by atoms with Crippen LogP contribution in [0.25, 0.3) is 0 Å². The molecule has 0 aliphatic rings. The Labute approximate surface area is 201 Å². The predicted molar refractivity (Wildman–Crippen MR) is 110 cm³/mol. The maximum absolute atomic E-state index is 12.1. The number of phenols is 2. The van der Waals surface area contributed by atoms with Crippen LogP contribution >= 0.6 is 0 Å². The minimum atomic E-state index is -1.27. The molecule has 0 bridgehead atoms. The van der Waals surface area contributed by atoms with Crippen molar-refractivity contribution in [2.75, 3.05) is 0 Å². The van der Waals surface area contributed by atoms with Crippen molar-refractivity contribution in [1.29, 1.82) is 0 Å². The SMILES string of the molecule is CC(=O)c1ccc(O)c(C(=O)O)c1.O=C(c1ccccc1)c1ccc(O)c(C(=O)O)c1.[Zr]. The van der Waals surface area contributed by atoms with Crippen LogP contribution in [0.1, 0.15) is 53.9 Å². The molecule has 0 heterocycles. The van der Waals surface area contributed by atoms with E-state index in [1.807, 2.05) is 0 Å². The molecule has 162 valence electrons. The van der Waals surface area contributed by atoms with Gasteiger partial charge in [0.05, 0.1) is 0 Å². The smallest absolute Gasteiger partial charge is 0.339 e. The monoisotopic (exact) mass is 512 g/mol. The Bertz CT molecular complexity index is 1160. The Morgan fingerprint density at radius 1 is 0.625 bits per heavy atom. The topological polar surface area (TPSA) is 149 Å². The molecule has 0 aliphatic heterocycles. The Morgan fingerprint density at radius 2 is 1.06 bits per heavy atom. The van der Waals surface area contributed by atoms with Crippen LogP contribution in [-0.4, -0.2) is 43.9 Å². The molecule has 0 aliphatic carbocycles. The summed E-state index contributed by atoms with van der Waals surface area (Å²) < 4.78 is 0. The Kier molecular flexibility index (Phi) is 9.69. The molecule has 0 amide bonds. The maximum atomic E-state index is 12.1. The third-order valence-corrected chi connectivity index (χ3v) is 4.16. The summed E-state index contributed by atoms with van der Waals surface area (Å²) in [6.45, 7) is 1.33. The molecule has 0 aromatic heterocycles. The average Bonchev–Trinajstić information content (AvgIpc) is 2.74. The number of aromatic carboxylic acids is 2. The molecule has 3 aromatic rings. The average molecular weight is 514 g/mol. The summed E-state index contributed by atoms with van der Waals surface area (Å²) >= 11 is 0. The zero-order valence-corrected chi connectivity index (χ0v) is 19.2. The summed E-state index contributed by atoms with van der Waals surface area (Å²) in [6.07, 6.45) is 0. The fourth-order valence-electron chi connectivity index (χ4n) is 2.53. The van der Waals surface area contributed by atoms with E-state index in [-0.39, 0.29) is 71.5 Å². The number of carboxylic acids is 2. The number of carboxylic acid groups (broad SMARTS) is 2. The molecule has 0 unspecified atom stereocenters. The van der Waals surface area contributed by atoms with E-state index in [2.05, 4.69) is 0 Å². The van der Waals surface area contributed by atoms with Gasteiger partial charge in [0.25, 0.3) is 0 Å². The van der Waals surface area contributed by atoms with Gasteiger partial charge in [0.15, 0.2) is 11.6 Å². The number of carbonyl (C=O) groups is 4. The van der Waals surface area contributed by atoms with E-state index in [0.717, 1.165) is 6.07 Å². The number of ketones is 2. The Balaban J connectivity index is 0.000000327. The summed E-state index contributed by atoms with van der Waals surface area (Å²) in [7, 11) is 0.